The number of sulfonamides is 1. The molecule has 1 N–H and O–H groups in total. The smallest absolute Gasteiger partial charge is 0.243 e. The van der Waals surface area contributed by atoms with Crippen molar-refractivity contribution < 1.29 is 22.7 Å². The molecule has 0 bridgehead atoms. The topological polar surface area (TPSA) is 101 Å². The highest BCUT2D eigenvalue weighted by Crippen LogP contribution is 2.25. The van der Waals surface area contributed by atoms with E-state index in [9.17, 15) is 13.2 Å². The molecule has 0 aliphatic carbocycles. The number of nitrogens with one attached hydrogen (secondary N) is 1. The van der Waals surface area contributed by atoms with Gasteiger partial charge in [-0.25, -0.2) is 13.4 Å². The van der Waals surface area contributed by atoms with Crippen LogP contribution in [0.1, 0.15) is 25.3 Å². The van der Waals surface area contributed by atoms with Crippen LogP contribution in [0.2, 0.25) is 0 Å². The maximum Gasteiger partial charge on any atom is 0.243 e. The number of aromatic nitrogens is 1. The normalized spacial score (nSPS) is 18.0. The van der Waals surface area contributed by atoms with Crippen molar-refractivity contribution >= 4 is 21.7 Å². The van der Waals surface area contributed by atoms with Crippen LogP contribution in [-0.4, -0.2) is 69.6 Å². The zero-order chi connectivity index (χ0) is 24.0. The molecule has 0 saturated carbocycles. The van der Waals surface area contributed by atoms with Gasteiger partial charge in [0.25, 0.3) is 0 Å². The molecule has 9 nitrogen and oxygen atoms in total. The van der Waals surface area contributed by atoms with E-state index in [0.29, 0.717) is 58.0 Å². The van der Waals surface area contributed by atoms with Crippen molar-refractivity contribution in [1.29, 1.82) is 0 Å². The second-order valence-electron chi connectivity index (χ2n) is 8.42. The fourth-order valence-corrected chi connectivity index (χ4v) is 5.69. The highest BCUT2D eigenvalue weighted by Gasteiger charge is 2.32. The van der Waals surface area contributed by atoms with E-state index in [-0.39, 0.29) is 16.7 Å². The van der Waals surface area contributed by atoms with E-state index in [2.05, 4.69) is 15.2 Å². The second kappa shape index (κ2) is 11.2. The van der Waals surface area contributed by atoms with Gasteiger partial charge in [-0.05, 0) is 55.7 Å². The zero-order valence-corrected chi connectivity index (χ0v) is 20.3. The summed E-state index contributed by atoms with van der Waals surface area (Å²) in [6.45, 7) is 6.53. The molecule has 0 unspecified atom stereocenters. The Labute approximate surface area is 201 Å². The van der Waals surface area contributed by atoms with Gasteiger partial charge >= 0.3 is 0 Å². The Bertz CT molecular complexity index is 1050. The molecule has 0 atom stereocenters. The first kappa shape index (κ1) is 24.4. The molecule has 2 aromatic rings. The summed E-state index contributed by atoms with van der Waals surface area (Å²) in [5.74, 6) is 1.31. The van der Waals surface area contributed by atoms with E-state index in [4.69, 9.17) is 9.47 Å². The number of piperidine rings is 1. The predicted octanol–water partition coefficient (Wildman–Crippen LogP) is 2.03. The van der Waals surface area contributed by atoms with Crippen molar-refractivity contribution in [2.24, 2.45) is 5.92 Å². The summed E-state index contributed by atoms with van der Waals surface area (Å²) in [6.07, 6.45) is 2.78. The Morgan fingerprint density at radius 1 is 1.09 bits per heavy atom. The van der Waals surface area contributed by atoms with E-state index in [1.54, 1.807) is 30.5 Å². The van der Waals surface area contributed by atoms with Crippen molar-refractivity contribution in [2.45, 2.75) is 31.2 Å². The molecule has 2 aliphatic rings. The molecule has 2 saturated heterocycles. The highest BCUT2D eigenvalue weighted by atomic mass is 32.2. The molecule has 184 valence electrons. The fourth-order valence-electron chi connectivity index (χ4n) is 4.22. The van der Waals surface area contributed by atoms with Crippen LogP contribution in [0.3, 0.4) is 0 Å². The Kier molecular flexibility index (Phi) is 8.02. The average Bonchev–Trinajstić information content (AvgIpc) is 2.89. The van der Waals surface area contributed by atoms with E-state index in [1.165, 1.54) is 4.31 Å². The van der Waals surface area contributed by atoms with Crippen LogP contribution < -0.4 is 15.0 Å². The number of rotatable bonds is 8. The summed E-state index contributed by atoms with van der Waals surface area (Å²) >= 11 is 0. The number of pyridine rings is 1. The average molecular weight is 489 g/mol. The first-order valence-corrected chi connectivity index (χ1v) is 13.2. The Morgan fingerprint density at radius 2 is 1.79 bits per heavy atom. The first-order chi connectivity index (χ1) is 16.5. The van der Waals surface area contributed by atoms with Gasteiger partial charge in [-0.1, -0.05) is 6.07 Å². The quantitative estimate of drug-likeness (QED) is 0.607. The molecule has 1 amide bonds. The van der Waals surface area contributed by atoms with Crippen LogP contribution in [-0.2, 0) is 26.1 Å². The summed E-state index contributed by atoms with van der Waals surface area (Å²) in [6, 6.07) is 10.4. The van der Waals surface area contributed by atoms with Crippen LogP contribution in [0.4, 0.5) is 5.82 Å². The maximum atomic E-state index is 13.0. The largest absolute Gasteiger partial charge is 0.494 e. The number of amides is 1. The SMILES string of the molecule is CCOc1ccc(S(=O)(=O)N2CCC(C(=O)NCc3ccc(N4CCOCC4)nc3)CC2)cc1. The number of carbonyl (C=O) groups excluding carboxylic acids is 1. The first-order valence-electron chi connectivity index (χ1n) is 11.8. The van der Waals surface area contributed by atoms with E-state index in [1.807, 2.05) is 19.1 Å². The molecule has 0 radical (unpaired) electrons. The maximum absolute atomic E-state index is 13.0. The number of benzene rings is 1. The minimum absolute atomic E-state index is 0.0460. The van der Waals surface area contributed by atoms with Crippen molar-refractivity contribution in [3.63, 3.8) is 0 Å². The van der Waals surface area contributed by atoms with Gasteiger partial charge in [0.15, 0.2) is 0 Å². The van der Waals surface area contributed by atoms with E-state index < -0.39 is 10.0 Å². The van der Waals surface area contributed by atoms with Gasteiger partial charge in [-0.2, -0.15) is 4.31 Å². The lowest BCUT2D eigenvalue weighted by Gasteiger charge is -2.30. The molecule has 3 heterocycles. The molecule has 10 heteroatoms. The summed E-state index contributed by atoms with van der Waals surface area (Å²) < 4.78 is 38.1. The summed E-state index contributed by atoms with van der Waals surface area (Å²) in [4.78, 5) is 19.6. The van der Waals surface area contributed by atoms with E-state index in [0.717, 1.165) is 24.5 Å². The summed E-state index contributed by atoms with van der Waals surface area (Å²) in [5.41, 5.74) is 0.931. The van der Waals surface area contributed by atoms with Gasteiger partial charge < -0.3 is 19.7 Å². The molecule has 0 spiro atoms. The molecule has 2 aliphatic heterocycles. The van der Waals surface area contributed by atoms with Crippen LogP contribution in [0.5, 0.6) is 5.75 Å². The van der Waals surface area contributed by atoms with Crippen molar-refractivity contribution in [1.82, 2.24) is 14.6 Å². The van der Waals surface area contributed by atoms with Crippen LogP contribution >= 0.6 is 0 Å². The van der Waals surface area contributed by atoms with Crippen molar-refractivity contribution in [3.8, 4) is 5.75 Å². The Hall–Kier alpha value is -2.69. The molecule has 2 fully saturated rings. The number of hydrogen-bond donors (Lipinski definition) is 1. The third kappa shape index (κ3) is 5.86. The minimum Gasteiger partial charge on any atom is -0.494 e. The third-order valence-electron chi connectivity index (χ3n) is 6.21. The van der Waals surface area contributed by atoms with Gasteiger partial charge in [-0.15, -0.1) is 0 Å². The van der Waals surface area contributed by atoms with Gasteiger partial charge in [0.2, 0.25) is 15.9 Å². The number of carbonyl (C=O) groups is 1. The van der Waals surface area contributed by atoms with Crippen molar-refractivity contribution in [3.05, 3.63) is 48.2 Å². The number of nitrogens with zero attached hydrogens (tertiary/aromatic N) is 3. The summed E-state index contributed by atoms with van der Waals surface area (Å²) in [5, 5.41) is 2.98. The molecule has 1 aromatic carbocycles. The molecule has 34 heavy (non-hydrogen) atoms. The lowest BCUT2D eigenvalue weighted by Crippen LogP contribution is -2.42. The molecule has 1 aromatic heterocycles. The van der Waals surface area contributed by atoms with Crippen LogP contribution in [0.25, 0.3) is 0 Å². The van der Waals surface area contributed by atoms with Gasteiger partial charge in [-0.3, -0.25) is 4.79 Å². The van der Waals surface area contributed by atoms with Crippen LogP contribution in [0, 0.1) is 5.92 Å². The fraction of sp³-hybridized carbons (Fsp3) is 0.500. The van der Waals surface area contributed by atoms with Crippen molar-refractivity contribution in [2.75, 3.05) is 50.9 Å². The minimum atomic E-state index is -3.59. The highest BCUT2D eigenvalue weighted by molar-refractivity contribution is 7.89. The van der Waals surface area contributed by atoms with Crippen LogP contribution in [0.15, 0.2) is 47.5 Å². The Morgan fingerprint density at radius 3 is 2.41 bits per heavy atom. The standard InChI is InChI=1S/C24H32N4O5S/c1-2-33-21-4-6-22(7-5-21)34(30,31)28-11-9-20(10-12-28)24(29)26-18-19-3-8-23(25-17-19)27-13-15-32-16-14-27/h3-8,17,20H,2,9-16,18H2,1H3,(H,26,29). The Balaban J connectivity index is 1.25. The van der Waals surface area contributed by atoms with Gasteiger partial charge in [0, 0.05) is 44.8 Å². The third-order valence-corrected chi connectivity index (χ3v) is 8.12. The number of ether oxygens (including phenoxy) is 2. The molecule has 4 rings (SSSR count). The predicted molar refractivity (Wildman–Crippen MR) is 128 cm³/mol. The molecular formula is C24H32N4O5S. The van der Waals surface area contributed by atoms with Gasteiger partial charge in [0.1, 0.15) is 11.6 Å². The number of anilines is 1. The van der Waals surface area contributed by atoms with Gasteiger partial charge in [0.05, 0.1) is 24.7 Å². The van der Waals surface area contributed by atoms with E-state index >= 15 is 0 Å². The number of morpholine rings is 1. The number of hydrogen-bond acceptors (Lipinski definition) is 7. The second-order valence-corrected chi connectivity index (χ2v) is 10.4. The monoisotopic (exact) mass is 488 g/mol. The lowest BCUT2D eigenvalue weighted by atomic mass is 9.97. The zero-order valence-electron chi connectivity index (χ0n) is 19.5. The summed E-state index contributed by atoms with van der Waals surface area (Å²) in [7, 11) is -3.59. The molecular weight excluding hydrogens is 456 g/mol. The lowest BCUT2D eigenvalue weighted by molar-refractivity contribution is -0.126.